The van der Waals surface area contributed by atoms with Gasteiger partial charge in [0, 0.05) is 11.6 Å². The molecule has 0 atom stereocenters. The van der Waals surface area contributed by atoms with Crippen molar-refractivity contribution < 1.29 is 28.7 Å². The molecular weight excluding hydrogens is 471 g/mol. The van der Waals surface area contributed by atoms with Gasteiger partial charge in [0.25, 0.3) is 0 Å². The molecule has 0 aliphatic heterocycles. The number of carboxylic acids is 1. The summed E-state index contributed by atoms with van der Waals surface area (Å²) in [6, 6.07) is 12.2. The highest BCUT2D eigenvalue weighted by Crippen LogP contribution is 2.25. The molecule has 2 aromatic carbocycles. The molecule has 1 N–H and O–H groups in total. The summed E-state index contributed by atoms with van der Waals surface area (Å²) in [5, 5.41) is 18.4. The minimum atomic E-state index is -1.11. The van der Waals surface area contributed by atoms with Gasteiger partial charge in [0.1, 0.15) is 40.4 Å². The van der Waals surface area contributed by atoms with E-state index in [9.17, 15) is 9.90 Å². The van der Waals surface area contributed by atoms with Crippen LogP contribution < -0.4 is 4.74 Å². The Hall–Kier alpha value is -3.49. The van der Waals surface area contributed by atoms with Gasteiger partial charge >= 0.3 is 5.97 Å². The smallest absolute Gasteiger partial charge is 0.339 e. The van der Waals surface area contributed by atoms with Crippen LogP contribution in [0.15, 0.2) is 69.0 Å². The van der Waals surface area contributed by atoms with Gasteiger partial charge in [0.05, 0.1) is 18.8 Å². The van der Waals surface area contributed by atoms with Crippen LogP contribution in [0.3, 0.4) is 0 Å². The number of aliphatic carboxylic acids is 1. The molecule has 0 radical (unpaired) electrons. The number of hydrogen-bond donors (Lipinski definition) is 1. The average Bonchev–Trinajstić information content (AvgIpc) is 3.21. The zero-order valence-corrected chi connectivity index (χ0v) is 19.3. The van der Waals surface area contributed by atoms with E-state index in [-0.39, 0.29) is 23.3 Å². The van der Waals surface area contributed by atoms with Gasteiger partial charge in [-0.1, -0.05) is 57.8 Å². The van der Waals surface area contributed by atoms with Crippen LogP contribution in [0.2, 0.25) is 0 Å². The molecule has 0 aliphatic carbocycles. The van der Waals surface area contributed by atoms with E-state index in [4.69, 9.17) is 42.0 Å². The summed E-state index contributed by atoms with van der Waals surface area (Å²) < 4.78 is 15.9. The van der Waals surface area contributed by atoms with E-state index in [0.29, 0.717) is 33.9 Å². The normalized spacial score (nSPS) is 11.9. The Bertz CT molecular complexity index is 1230. The molecule has 1 heterocycles. The lowest BCUT2D eigenvalue weighted by atomic mass is 10.0. The third-order valence-corrected chi connectivity index (χ3v) is 4.78. The van der Waals surface area contributed by atoms with Crippen molar-refractivity contribution in [1.29, 1.82) is 0 Å². The molecule has 0 bridgehead atoms. The molecule has 0 saturated heterocycles. The lowest BCUT2D eigenvalue weighted by Crippen LogP contribution is -2.05. The summed E-state index contributed by atoms with van der Waals surface area (Å²) in [6.07, 6.45) is 2.70. The first-order chi connectivity index (χ1) is 15.9. The number of methoxy groups -OCH3 is 1. The van der Waals surface area contributed by atoms with Crippen LogP contribution in [0, 0.1) is 0 Å². The van der Waals surface area contributed by atoms with E-state index in [1.54, 1.807) is 49.4 Å². The maximum Gasteiger partial charge on any atom is 0.339 e. The molecule has 33 heavy (non-hydrogen) atoms. The predicted octanol–water partition coefficient (Wildman–Crippen LogP) is 5.54. The molecule has 3 aromatic rings. The Balaban J connectivity index is 1.74. The fourth-order valence-corrected chi connectivity index (χ4v) is 3.09. The van der Waals surface area contributed by atoms with Gasteiger partial charge in [-0.2, -0.15) is 0 Å². The number of aromatic nitrogens is 1. The first kappa shape index (κ1) is 24.2. The fourth-order valence-electron chi connectivity index (χ4n) is 2.97. The zero-order valence-electron chi connectivity index (χ0n) is 17.7. The topological polar surface area (TPSA) is 103 Å². The number of carboxylic acid groups (broad SMARTS) is 1. The van der Waals surface area contributed by atoms with E-state index >= 15 is 0 Å². The number of hydrogen-bond acceptors (Lipinski definition) is 7. The van der Waals surface area contributed by atoms with Gasteiger partial charge in [-0.25, -0.2) is 4.79 Å². The van der Waals surface area contributed by atoms with Crippen LogP contribution in [-0.2, 0) is 21.0 Å². The fraction of sp³-hybridized carbons (Fsp3) is 0.174. The van der Waals surface area contributed by atoms with E-state index in [2.05, 4.69) is 10.3 Å². The third kappa shape index (κ3) is 6.27. The van der Waals surface area contributed by atoms with Crippen LogP contribution in [0.1, 0.15) is 23.7 Å². The molecule has 8 nitrogen and oxygen atoms in total. The van der Waals surface area contributed by atoms with Crippen molar-refractivity contribution in [1.82, 2.24) is 5.16 Å². The van der Waals surface area contributed by atoms with Gasteiger partial charge in [0.2, 0.25) is 0 Å². The van der Waals surface area contributed by atoms with Gasteiger partial charge in [-0.15, -0.1) is 0 Å². The standard InChI is InChI=1S/C23H20Cl2N2O6/c1-14(22-18-8-7-16(11-20(18)33-27-22)31-10-9-21(24)25)26-32-12-15-5-3-4-6-17(15)19(13-30-2)23(28)29/h3-9,11,13H,10,12H2,1-2H3,(H,28,29). The molecule has 0 amide bonds. The highest BCUT2D eigenvalue weighted by atomic mass is 35.5. The largest absolute Gasteiger partial charge is 0.503 e. The highest BCUT2D eigenvalue weighted by molar-refractivity contribution is 6.55. The molecule has 0 spiro atoms. The first-order valence-corrected chi connectivity index (χ1v) is 10.4. The number of oxime groups is 1. The molecular formula is C23H20Cl2N2O6. The van der Waals surface area contributed by atoms with E-state index in [1.165, 1.54) is 19.4 Å². The summed E-state index contributed by atoms with van der Waals surface area (Å²) in [6.45, 7) is 1.99. The quantitative estimate of drug-likeness (QED) is 0.172. The number of fused-ring (bicyclic) bond motifs is 1. The highest BCUT2D eigenvalue weighted by Gasteiger charge is 2.16. The van der Waals surface area contributed by atoms with Crippen molar-refractivity contribution in [3.05, 3.63) is 76.1 Å². The lowest BCUT2D eigenvalue weighted by molar-refractivity contribution is -0.130. The van der Waals surface area contributed by atoms with Gasteiger partial charge in [-0.05, 0) is 30.7 Å². The van der Waals surface area contributed by atoms with Gasteiger partial charge in [-0.3, -0.25) is 0 Å². The number of halogens is 2. The summed E-state index contributed by atoms with van der Waals surface area (Å²) in [4.78, 5) is 17.0. The molecule has 0 fully saturated rings. The second-order valence-corrected chi connectivity index (χ2v) is 7.68. The summed E-state index contributed by atoms with van der Waals surface area (Å²) >= 11 is 11.1. The molecule has 0 unspecified atom stereocenters. The zero-order chi connectivity index (χ0) is 23.8. The Kier molecular flexibility index (Phi) is 8.34. The Morgan fingerprint density at radius 3 is 2.76 bits per heavy atom. The Morgan fingerprint density at radius 1 is 1.24 bits per heavy atom. The maximum absolute atomic E-state index is 11.6. The van der Waals surface area contributed by atoms with Crippen molar-refractivity contribution in [2.75, 3.05) is 13.7 Å². The Labute approximate surface area is 199 Å². The van der Waals surface area contributed by atoms with E-state index < -0.39 is 5.97 Å². The van der Waals surface area contributed by atoms with Gasteiger partial charge in [0.15, 0.2) is 5.58 Å². The summed E-state index contributed by atoms with van der Waals surface area (Å²) in [7, 11) is 1.39. The van der Waals surface area contributed by atoms with E-state index in [0.717, 1.165) is 5.39 Å². The average molecular weight is 491 g/mol. The minimum Gasteiger partial charge on any atom is -0.503 e. The predicted molar refractivity (Wildman–Crippen MR) is 125 cm³/mol. The number of rotatable bonds is 10. The number of carbonyl (C=O) groups is 1. The number of nitrogens with zero attached hydrogens (tertiary/aromatic N) is 2. The van der Waals surface area contributed by atoms with E-state index in [1.807, 2.05) is 0 Å². The second-order valence-electron chi connectivity index (χ2n) is 6.67. The molecule has 0 saturated carbocycles. The van der Waals surface area contributed by atoms with Gasteiger partial charge < -0.3 is 23.9 Å². The minimum absolute atomic E-state index is 0.0155. The van der Waals surface area contributed by atoms with Crippen LogP contribution >= 0.6 is 23.2 Å². The monoisotopic (exact) mass is 490 g/mol. The molecule has 0 aliphatic rings. The van der Waals surface area contributed by atoms with Crippen molar-refractivity contribution in [3.63, 3.8) is 0 Å². The molecule has 1 aromatic heterocycles. The third-order valence-electron chi connectivity index (χ3n) is 4.47. The lowest BCUT2D eigenvalue weighted by Gasteiger charge is -2.09. The van der Waals surface area contributed by atoms with Crippen LogP contribution in [0.25, 0.3) is 16.5 Å². The Morgan fingerprint density at radius 2 is 2.03 bits per heavy atom. The van der Waals surface area contributed by atoms with Crippen molar-refractivity contribution in [2.45, 2.75) is 13.5 Å². The van der Waals surface area contributed by atoms with Crippen LogP contribution in [0.5, 0.6) is 5.75 Å². The number of ether oxygens (including phenoxy) is 2. The van der Waals surface area contributed by atoms with Crippen LogP contribution in [-0.4, -0.2) is 35.7 Å². The van der Waals surface area contributed by atoms with Crippen molar-refractivity contribution in [3.8, 4) is 5.75 Å². The first-order valence-electron chi connectivity index (χ1n) is 9.65. The number of benzene rings is 2. The van der Waals surface area contributed by atoms with Crippen LogP contribution in [0.4, 0.5) is 0 Å². The summed E-state index contributed by atoms with van der Waals surface area (Å²) in [5.41, 5.74) is 2.64. The summed E-state index contributed by atoms with van der Waals surface area (Å²) in [5.74, 6) is -0.542. The van der Waals surface area contributed by atoms with Crippen molar-refractivity contribution in [2.24, 2.45) is 5.16 Å². The molecule has 3 rings (SSSR count). The molecule has 172 valence electrons. The maximum atomic E-state index is 11.6. The van der Waals surface area contributed by atoms with Crippen molar-refractivity contribution >= 4 is 51.4 Å². The second kappa shape index (κ2) is 11.4. The SMILES string of the molecule is COC=C(C(=O)O)c1ccccc1CON=C(C)c1noc2cc(OCC=C(Cl)Cl)ccc12. The molecule has 10 heteroatoms.